The number of carboxylic acid groups (broad SMARTS) is 1. The lowest BCUT2D eigenvalue weighted by Crippen LogP contribution is -2.12. The van der Waals surface area contributed by atoms with Crippen molar-refractivity contribution in [2.24, 2.45) is 7.05 Å². The van der Waals surface area contributed by atoms with Gasteiger partial charge in [-0.15, -0.1) is 10.2 Å². The van der Waals surface area contributed by atoms with Gasteiger partial charge in [0.2, 0.25) is 0 Å². The molecule has 2 N–H and O–H groups in total. The number of benzene rings is 1. The molecule has 19 heavy (non-hydrogen) atoms. The van der Waals surface area contributed by atoms with Crippen molar-refractivity contribution >= 4 is 23.3 Å². The van der Waals surface area contributed by atoms with Crippen molar-refractivity contribution in [3.8, 4) is 0 Å². The van der Waals surface area contributed by atoms with E-state index in [-0.39, 0.29) is 16.6 Å². The lowest BCUT2D eigenvalue weighted by atomic mass is 10.2. The monoisotopic (exact) mass is 280 g/mol. The summed E-state index contributed by atoms with van der Waals surface area (Å²) in [6.45, 7) is 1.93. The van der Waals surface area contributed by atoms with Gasteiger partial charge in [0.25, 0.3) is 0 Å². The summed E-state index contributed by atoms with van der Waals surface area (Å²) in [5.74, 6) is -0.267. The number of hydrogen-bond donors (Lipinski definition) is 2. The molecule has 1 aromatic carbocycles. The molecule has 1 atom stereocenters. The summed E-state index contributed by atoms with van der Waals surface area (Å²) >= 11 is 5.91. The molecular weight excluding hydrogens is 268 g/mol. The number of aromatic carboxylic acids is 1. The first-order valence-electron chi connectivity index (χ1n) is 5.62. The molecule has 2 rings (SSSR count). The number of anilines is 1. The van der Waals surface area contributed by atoms with Gasteiger partial charge in [0.15, 0.2) is 5.82 Å². The molecule has 0 saturated heterocycles. The quantitative estimate of drug-likeness (QED) is 0.898. The van der Waals surface area contributed by atoms with Crippen molar-refractivity contribution in [1.82, 2.24) is 14.8 Å². The Morgan fingerprint density at radius 1 is 1.53 bits per heavy atom. The maximum absolute atomic E-state index is 10.9. The fraction of sp³-hybridized carbons (Fsp3) is 0.250. The van der Waals surface area contributed by atoms with Gasteiger partial charge in [0.1, 0.15) is 6.33 Å². The number of halogens is 1. The predicted molar refractivity (Wildman–Crippen MR) is 71.5 cm³/mol. The van der Waals surface area contributed by atoms with E-state index in [9.17, 15) is 4.79 Å². The minimum absolute atomic E-state index is 0.0701. The number of aryl methyl sites for hydroxylation is 1. The van der Waals surface area contributed by atoms with Gasteiger partial charge in [-0.1, -0.05) is 11.6 Å². The van der Waals surface area contributed by atoms with E-state index in [1.54, 1.807) is 18.5 Å². The van der Waals surface area contributed by atoms with Crippen LogP contribution in [0.25, 0.3) is 0 Å². The lowest BCUT2D eigenvalue weighted by Gasteiger charge is -2.14. The molecule has 0 aliphatic carbocycles. The average molecular weight is 281 g/mol. The summed E-state index contributed by atoms with van der Waals surface area (Å²) in [4.78, 5) is 10.9. The first-order valence-corrected chi connectivity index (χ1v) is 6.00. The second kappa shape index (κ2) is 5.27. The Morgan fingerprint density at radius 2 is 2.26 bits per heavy atom. The van der Waals surface area contributed by atoms with E-state index in [0.29, 0.717) is 0 Å². The standard InChI is InChI=1S/C12H13ClN4O2/c1-7(11-16-14-6-17(11)2)15-8-3-4-9(12(18)19)10(13)5-8/h3-7,15H,1-2H3,(H,18,19). The van der Waals surface area contributed by atoms with E-state index in [4.69, 9.17) is 16.7 Å². The Kier molecular flexibility index (Phi) is 3.71. The highest BCUT2D eigenvalue weighted by Gasteiger charge is 2.13. The largest absolute Gasteiger partial charge is 0.478 e. The zero-order valence-electron chi connectivity index (χ0n) is 10.5. The molecule has 0 spiro atoms. The molecule has 0 fully saturated rings. The van der Waals surface area contributed by atoms with Crippen LogP contribution in [0.3, 0.4) is 0 Å². The maximum Gasteiger partial charge on any atom is 0.337 e. The Morgan fingerprint density at radius 3 is 2.79 bits per heavy atom. The topological polar surface area (TPSA) is 80.0 Å². The Labute approximate surface area is 115 Å². The van der Waals surface area contributed by atoms with Crippen LogP contribution in [0.2, 0.25) is 5.02 Å². The Bertz CT molecular complexity index is 612. The van der Waals surface area contributed by atoms with Gasteiger partial charge in [0.05, 0.1) is 16.6 Å². The van der Waals surface area contributed by atoms with Crippen LogP contribution >= 0.6 is 11.6 Å². The third-order valence-electron chi connectivity index (χ3n) is 2.72. The van der Waals surface area contributed by atoms with E-state index in [1.165, 1.54) is 6.07 Å². The minimum Gasteiger partial charge on any atom is -0.478 e. The fourth-order valence-electron chi connectivity index (χ4n) is 1.78. The SMILES string of the molecule is CC(Nc1ccc(C(=O)O)c(Cl)c1)c1nncn1C. The van der Waals surface area contributed by atoms with E-state index < -0.39 is 5.97 Å². The van der Waals surface area contributed by atoms with Gasteiger partial charge < -0.3 is 15.0 Å². The fourth-order valence-corrected chi connectivity index (χ4v) is 2.04. The van der Waals surface area contributed by atoms with Gasteiger partial charge in [-0.3, -0.25) is 0 Å². The van der Waals surface area contributed by atoms with Crippen LogP contribution in [0.4, 0.5) is 5.69 Å². The number of nitrogens with zero attached hydrogens (tertiary/aromatic N) is 3. The van der Waals surface area contributed by atoms with Crippen LogP contribution in [0.1, 0.15) is 29.1 Å². The second-order valence-electron chi connectivity index (χ2n) is 4.17. The summed E-state index contributed by atoms with van der Waals surface area (Å²) in [5, 5.41) is 20.1. The first kappa shape index (κ1) is 13.4. The van der Waals surface area contributed by atoms with Crippen molar-refractivity contribution in [2.45, 2.75) is 13.0 Å². The lowest BCUT2D eigenvalue weighted by molar-refractivity contribution is 0.0697. The molecule has 2 aromatic rings. The molecule has 0 bridgehead atoms. The van der Waals surface area contributed by atoms with Crippen LogP contribution in [0.5, 0.6) is 0 Å². The predicted octanol–water partition coefficient (Wildman–Crippen LogP) is 2.34. The number of aromatic nitrogens is 3. The molecule has 1 heterocycles. The molecule has 0 radical (unpaired) electrons. The number of rotatable bonds is 4. The molecule has 1 unspecified atom stereocenters. The van der Waals surface area contributed by atoms with E-state index >= 15 is 0 Å². The van der Waals surface area contributed by atoms with Crippen molar-refractivity contribution in [3.63, 3.8) is 0 Å². The molecule has 0 saturated carbocycles. The second-order valence-corrected chi connectivity index (χ2v) is 4.57. The van der Waals surface area contributed by atoms with Gasteiger partial charge in [-0.05, 0) is 25.1 Å². The highest BCUT2D eigenvalue weighted by atomic mass is 35.5. The van der Waals surface area contributed by atoms with Crippen molar-refractivity contribution < 1.29 is 9.90 Å². The highest BCUT2D eigenvalue weighted by molar-refractivity contribution is 6.33. The third kappa shape index (κ3) is 2.85. The van der Waals surface area contributed by atoms with Crippen LogP contribution in [0.15, 0.2) is 24.5 Å². The van der Waals surface area contributed by atoms with E-state index in [2.05, 4.69) is 15.5 Å². The summed E-state index contributed by atoms with van der Waals surface area (Å²) in [6.07, 6.45) is 1.62. The molecule has 0 aliphatic heterocycles. The van der Waals surface area contributed by atoms with E-state index in [0.717, 1.165) is 11.5 Å². The zero-order chi connectivity index (χ0) is 14.0. The summed E-state index contributed by atoms with van der Waals surface area (Å²) < 4.78 is 1.81. The van der Waals surface area contributed by atoms with Crippen molar-refractivity contribution in [2.75, 3.05) is 5.32 Å². The molecule has 7 heteroatoms. The first-order chi connectivity index (χ1) is 8.99. The molecule has 1 aromatic heterocycles. The Hall–Kier alpha value is -2.08. The average Bonchev–Trinajstić information content (AvgIpc) is 2.75. The smallest absolute Gasteiger partial charge is 0.337 e. The Balaban J connectivity index is 2.18. The van der Waals surface area contributed by atoms with Crippen molar-refractivity contribution in [3.05, 3.63) is 40.9 Å². The van der Waals surface area contributed by atoms with Gasteiger partial charge in [-0.2, -0.15) is 0 Å². The number of hydrogen-bond acceptors (Lipinski definition) is 4. The maximum atomic E-state index is 10.9. The molecular formula is C12H13ClN4O2. The van der Waals surface area contributed by atoms with Crippen molar-refractivity contribution in [1.29, 1.82) is 0 Å². The number of carbonyl (C=O) groups is 1. The number of carboxylic acids is 1. The van der Waals surface area contributed by atoms with Crippen LogP contribution in [-0.2, 0) is 7.05 Å². The zero-order valence-corrected chi connectivity index (χ0v) is 11.2. The minimum atomic E-state index is -1.04. The molecule has 0 amide bonds. The van der Waals surface area contributed by atoms with Gasteiger partial charge >= 0.3 is 5.97 Å². The van der Waals surface area contributed by atoms with Crippen LogP contribution in [0, 0.1) is 0 Å². The molecule has 6 nitrogen and oxygen atoms in total. The van der Waals surface area contributed by atoms with Gasteiger partial charge in [0, 0.05) is 12.7 Å². The number of nitrogens with one attached hydrogen (secondary N) is 1. The summed E-state index contributed by atoms with van der Waals surface area (Å²) in [6, 6.07) is 4.65. The molecule has 0 aliphatic rings. The normalized spacial score (nSPS) is 12.2. The third-order valence-corrected chi connectivity index (χ3v) is 3.03. The highest BCUT2D eigenvalue weighted by Crippen LogP contribution is 2.23. The van der Waals surface area contributed by atoms with Crippen LogP contribution < -0.4 is 5.32 Å². The summed E-state index contributed by atoms with van der Waals surface area (Å²) in [7, 11) is 1.86. The summed E-state index contributed by atoms with van der Waals surface area (Å²) in [5.41, 5.74) is 0.809. The van der Waals surface area contributed by atoms with Crippen LogP contribution in [-0.4, -0.2) is 25.8 Å². The van der Waals surface area contributed by atoms with E-state index in [1.807, 2.05) is 18.5 Å². The molecule has 100 valence electrons. The van der Waals surface area contributed by atoms with Gasteiger partial charge in [-0.25, -0.2) is 4.79 Å².